The van der Waals surface area contributed by atoms with E-state index in [1.807, 2.05) is 0 Å². The highest BCUT2D eigenvalue weighted by Crippen LogP contribution is 2.24. The maximum atomic E-state index is 12.9. The van der Waals surface area contributed by atoms with Gasteiger partial charge in [-0.1, -0.05) is 0 Å². The first-order chi connectivity index (χ1) is 10.6. The van der Waals surface area contributed by atoms with Gasteiger partial charge in [-0.2, -0.15) is 9.40 Å². The van der Waals surface area contributed by atoms with Gasteiger partial charge in [0.25, 0.3) is 0 Å². The lowest BCUT2D eigenvalue weighted by Gasteiger charge is -2.21. The molecular weight excluding hydrogens is 340 g/mol. The fourth-order valence-electron chi connectivity index (χ4n) is 2.83. The van der Waals surface area contributed by atoms with E-state index in [1.54, 1.807) is 32.5 Å². The molecule has 10 heteroatoms. The van der Waals surface area contributed by atoms with Crippen molar-refractivity contribution >= 4 is 20.0 Å². The summed E-state index contributed by atoms with van der Waals surface area (Å²) in [6.07, 6.45) is 0.483. The van der Waals surface area contributed by atoms with Crippen molar-refractivity contribution in [1.29, 1.82) is 0 Å². The molecule has 0 saturated carbocycles. The van der Waals surface area contributed by atoms with Crippen LogP contribution < -0.4 is 0 Å². The minimum atomic E-state index is -3.67. The molecule has 0 aliphatic carbocycles. The molecule has 1 saturated heterocycles. The molecule has 2 heterocycles. The summed E-state index contributed by atoms with van der Waals surface area (Å²) in [5, 5.41) is 4.17. The quantitative estimate of drug-likeness (QED) is 0.754. The van der Waals surface area contributed by atoms with Crippen LogP contribution >= 0.6 is 0 Å². The van der Waals surface area contributed by atoms with Crippen molar-refractivity contribution in [2.45, 2.75) is 32.1 Å². The highest BCUT2D eigenvalue weighted by molar-refractivity contribution is 7.89. The van der Waals surface area contributed by atoms with Gasteiger partial charge in [-0.25, -0.2) is 21.1 Å². The summed E-state index contributed by atoms with van der Waals surface area (Å²) in [7, 11) is -5.26. The third-order valence-corrected chi connectivity index (χ3v) is 8.25. The molecule has 1 aromatic heterocycles. The molecule has 1 aromatic rings. The normalized spacial score (nSPS) is 19.0. The van der Waals surface area contributed by atoms with Crippen LogP contribution in [0.5, 0.6) is 0 Å². The standard InChI is InChI=1S/C13H24N4O4S2/c1-5-22(18,19)16-7-6-8-17(10-9-16)23(20,21)13-11(2)14-15(4)12(13)3/h5-10H2,1-4H3. The van der Waals surface area contributed by atoms with Gasteiger partial charge in [0.15, 0.2) is 0 Å². The molecule has 0 spiro atoms. The van der Waals surface area contributed by atoms with E-state index in [4.69, 9.17) is 0 Å². The Morgan fingerprint density at radius 3 is 2.09 bits per heavy atom. The van der Waals surface area contributed by atoms with Crippen LogP contribution in [-0.2, 0) is 27.1 Å². The zero-order valence-corrected chi connectivity index (χ0v) is 15.6. The molecule has 23 heavy (non-hydrogen) atoms. The number of nitrogens with zero attached hydrogens (tertiary/aromatic N) is 4. The maximum Gasteiger partial charge on any atom is 0.246 e. The molecular formula is C13H24N4O4S2. The van der Waals surface area contributed by atoms with Gasteiger partial charge in [0, 0.05) is 33.2 Å². The molecule has 0 bridgehead atoms. The van der Waals surface area contributed by atoms with E-state index in [9.17, 15) is 16.8 Å². The predicted octanol–water partition coefficient (Wildman–Crippen LogP) is 0.0830. The van der Waals surface area contributed by atoms with Crippen molar-refractivity contribution in [1.82, 2.24) is 18.4 Å². The lowest BCUT2D eigenvalue weighted by atomic mass is 10.4. The highest BCUT2D eigenvalue weighted by atomic mass is 32.2. The fraction of sp³-hybridized carbons (Fsp3) is 0.769. The van der Waals surface area contributed by atoms with Crippen molar-refractivity contribution in [2.75, 3.05) is 31.9 Å². The van der Waals surface area contributed by atoms with E-state index < -0.39 is 20.0 Å². The Hall–Kier alpha value is -0.970. The van der Waals surface area contributed by atoms with Crippen molar-refractivity contribution < 1.29 is 16.8 Å². The van der Waals surface area contributed by atoms with Gasteiger partial charge in [0.2, 0.25) is 20.0 Å². The van der Waals surface area contributed by atoms with Crippen LogP contribution in [0.15, 0.2) is 4.90 Å². The summed E-state index contributed by atoms with van der Waals surface area (Å²) in [4.78, 5) is 0.229. The van der Waals surface area contributed by atoms with Crippen LogP contribution in [0.1, 0.15) is 24.7 Å². The minimum absolute atomic E-state index is 0.0283. The lowest BCUT2D eigenvalue weighted by molar-refractivity contribution is 0.404. The Balaban J connectivity index is 2.29. The summed E-state index contributed by atoms with van der Waals surface area (Å²) in [6, 6.07) is 0. The first-order valence-electron chi connectivity index (χ1n) is 7.59. The Morgan fingerprint density at radius 2 is 1.57 bits per heavy atom. The molecule has 0 atom stereocenters. The zero-order valence-electron chi connectivity index (χ0n) is 14.0. The topological polar surface area (TPSA) is 92.6 Å². The van der Waals surface area contributed by atoms with Crippen molar-refractivity contribution in [2.24, 2.45) is 7.05 Å². The van der Waals surface area contributed by atoms with Crippen molar-refractivity contribution in [3.05, 3.63) is 11.4 Å². The number of aromatic nitrogens is 2. The second-order valence-corrected chi connectivity index (χ2v) is 9.81. The lowest BCUT2D eigenvalue weighted by Crippen LogP contribution is -2.38. The molecule has 0 N–H and O–H groups in total. The number of sulfonamides is 2. The van der Waals surface area contributed by atoms with E-state index in [-0.39, 0.29) is 23.7 Å². The van der Waals surface area contributed by atoms with E-state index in [2.05, 4.69) is 5.10 Å². The van der Waals surface area contributed by atoms with Gasteiger partial charge in [-0.15, -0.1) is 0 Å². The van der Waals surface area contributed by atoms with Crippen LogP contribution in [0, 0.1) is 13.8 Å². The SMILES string of the molecule is CCS(=O)(=O)N1CCCN(S(=O)(=O)c2c(C)nn(C)c2C)CC1. The Morgan fingerprint density at radius 1 is 1.00 bits per heavy atom. The first-order valence-corrected chi connectivity index (χ1v) is 10.6. The van der Waals surface area contributed by atoms with Gasteiger partial charge >= 0.3 is 0 Å². The van der Waals surface area contributed by atoms with Crippen molar-refractivity contribution in [3.8, 4) is 0 Å². The molecule has 0 aromatic carbocycles. The summed E-state index contributed by atoms with van der Waals surface area (Å²) < 4.78 is 54.1. The number of hydrogen-bond acceptors (Lipinski definition) is 5. The second kappa shape index (κ2) is 6.50. The van der Waals surface area contributed by atoms with Crippen LogP contribution in [0.3, 0.4) is 0 Å². The average molecular weight is 364 g/mol. The zero-order chi connectivity index (χ0) is 17.4. The molecule has 1 aliphatic rings. The Bertz CT molecular complexity index is 783. The van der Waals surface area contributed by atoms with Gasteiger partial charge in [0.05, 0.1) is 17.1 Å². The number of hydrogen-bond donors (Lipinski definition) is 0. The van der Waals surface area contributed by atoms with E-state index >= 15 is 0 Å². The third kappa shape index (κ3) is 3.44. The van der Waals surface area contributed by atoms with Gasteiger partial charge in [-0.05, 0) is 27.2 Å². The summed E-state index contributed by atoms with van der Waals surface area (Å²) in [5.74, 6) is 0.0283. The van der Waals surface area contributed by atoms with E-state index in [1.165, 1.54) is 8.61 Å². The molecule has 1 fully saturated rings. The first kappa shape index (κ1) is 18.4. The van der Waals surface area contributed by atoms with Crippen molar-refractivity contribution in [3.63, 3.8) is 0 Å². The molecule has 0 amide bonds. The van der Waals surface area contributed by atoms with E-state index in [0.29, 0.717) is 30.9 Å². The predicted molar refractivity (Wildman–Crippen MR) is 87.1 cm³/mol. The molecule has 1 aliphatic heterocycles. The minimum Gasteiger partial charge on any atom is -0.271 e. The molecule has 8 nitrogen and oxygen atoms in total. The average Bonchev–Trinajstić information content (AvgIpc) is 2.68. The largest absolute Gasteiger partial charge is 0.271 e. The van der Waals surface area contributed by atoms with Gasteiger partial charge in [-0.3, -0.25) is 4.68 Å². The second-order valence-electron chi connectivity index (χ2n) is 5.68. The summed E-state index contributed by atoms with van der Waals surface area (Å²) >= 11 is 0. The van der Waals surface area contributed by atoms with E-state index in [0.717, 1.165) is 0 Å². The summed E-state index contributed by atoms with van der Waals surface area (Å²) in [5.41, 5.74) is 1.05. The van der Waals surface area contributed by atoms with Crippen LogP contribution in [-0.4, -0.2) is 67.2 Å². The molecule has 2 rings (SSSR count). The maximum absolute atomic E-state index is 12.9. The number of aryl methyl sites for hydroxylation is 2. The van der Waals surface area contributed by atoms with Crippen LogP contribution in [0.4, 0.5) is 0 Å². The van der Waals surface area contributed by atoms with Crippen LogP contribution in [0.25, 0.3) is 0 Å². The van der Waals surface area contributed by atoms with Gasteiger partial charge in [0.1, 0.15) is 4.90 Å². The Kier molecular flexibility index (Phi) is 5.19. The van der Waals surface area contributed by atoms with Crippen LogP contribution in [0.2, 0.25) is 0 Å². The molecule has 0 unspecified atom stereocenters. The highest BCUT2D eigenvalue weighted by Gasteiger charge is 2.33. The smallest absolute Gasteiger partial charge is 0.246 e. The fourth-order valence-corrected chi connectivity index (χ4v) is 5.83. The molecule has 132 valence electrons. The summed E-state index contributed by atoms with van der Waals surface area (Å²) in [6.45, 7) is 6.00. The molecule has 0 radical (unpaired) electrons. The Labute approximate surface area is 138 Å². The monoisotopic (exact) mass is 364 g/mol. The third-order valence-electron chi connectivity index (χ3n) is 4.21. The van der Waals surface area contributed by atoms with Gasteiger partial charge < -0.3 is 0 Å². The number of rotatable bonds is 4.